The van der Waals surface area contributed by atoms with Crippen LogP contribution in [-0.2, 0) is 19.6 Å². The molecule has 0 unspecified atom stereocenters. The van der Waals surface area contributed by atoms with Crippen LogP contribution in [0.15, 0.2) is 83.9 Å². The third-order valence-corrected chi connectivity index (χ3v) is 6.12. The van der Waals surface area contributed by atoms with E-state index in [2.05, 4.69) is 41.6 Å². The summed E-state index contributed by atoms with van der Waals surface area (Å²) in [6.07, 6.45) is -0.663. The van der Waals surface area contributed by atoms with Crippen LogP contribution in [0.5, 0.6) is 0 Å². The van der Waals surface area contributed by atoms with Crippen LogP contribution in [0.25, 0.3) is 22.4 Å². The van der Waals surface area contributed by atoms with Gasteiger partial charge in [-0.3, -0.25) is 14.3 Å². The Morgan fingerprint density at radius 2 is 1.66 bits per heavy atom. The number of pyridine rings is 1. The van der Waals surface area contributed by atoms with Crippen molar-refractivity contribution < 1.29 is 13.2 Å². The first-order valence-corrected chi connectivity index (χ1v) is 12.4. The molecule has 0 aliphatic rings. The van der Waals surface area contributed by atoms with Crippen molar-refractivity contribution in [3.8, 4) is 22.4 Å². The number of halogens is 3. The Morgan fingerprint density at radius 1 is 0.947 bits per heavy atom. The summed E-state index contributed by atoms with van der Waals surface area (Å²) < 4.78 is 41.7. The number of nitrogens with one attached hydrogen (secondary N) is 2. The van der Waals surface area contributed by atoms with Gasteiger partial charge in [0.25, 0.3) is 5.56 Å². The molecule has 4 rings (SSSR count). The molecular formula is C29H30F3N5O. The molecule has 198 valence electrons. The summed E-state index contributed by atoms with van der Waals surface area (Å²) >= 11 is 0. The lowest BCUT2D eigenvalue weighted by Crippen LogP contribution is -2.42. The molecule has 0 radical (unpaired) electrons. The number of rotatable bonds is 9. The van der Waals surface area contributed by atoms with E-state index >= 15 is 0 Å². The molecule has 2 N–H and O–H groups in total. The molecular weight excluding hydrogens is 491 g/mol. The Hall–Kier alpha value is -3.98. The average molecular weight is 522 g/mol. The highest BCUT2D eigenvalue weighted by Gasteiger charge is 2.31. The van der Waals surface area contributed by atoms with Gasteiger partial charge in [0.1, 0.15) is 0 Å². The summed E-state index contributed by atoms with van der Waals surface area (Å²) in [6.45, 7) is 4.61. The summed E-state index contributed by atoms with van der Waals surface area (Å²) in [5.74, 6) is 0.321. The Labute approximate surface area is 219 Å². The minimum Gasteiger partial charge on any atom is -0.354 e. The van der Waals surface area contributed by atoms with Crippen LogP contribution >= 0.6 is 0 Å². The monoisotopic (exact) mass is 521 g/mol. The van der Waals surface area contributed by atoms with Crippen molar-refractivity contribution in [1.82, 2.24) is 19.9 Å². The second-order valence-corrected chi connectivity index (χ2v) is 9.43. The standard InChI is InChI=1S/C29H30F3N5O/c1-19(2)35-24(16-20-8-5-4-6-9-20)18-34-28-36-26(21-12-14-33-15-13-21)25(27(38)37(28)3)22-10-7-11-23(17-22)29(30,31)32/h4-15,17,19,24,35H,16,18H2,1-3H3,(H,34,36)/t24-/m0/s1. The number of hydrogen-bond acceptors (Lipinski definition) is 5. The maximum atomic E-state index is 13.6. The number of hydrogen-bond donors (Lipinski definition) is 2. The predicted octanol–water partition coefficient (Wildman–Crippen LogP) is 5.55. The fourth-order valence-corrected chi connectivity index (χ4v) is 4.36. The molecule has 0 fully saturated rings. The third-order valence-electron chi connectivity index (χ3n) is 6.12. The molecule has 2 aromatic heterocycles. The summed E-state index contributed by atoms with van der Waals surface area (Å²) in [4.78, 5) is 22.4. The normalized spacial score (nSPS) is 12.5. The van der Waals surface area contributed by atoms with E-state index in [4.69, 9.17) is 4.98 Å². The van der Waals surface area contributed by atoms with Crippen molar-refractivity contribution in [2.75, 3.05) is 11.9 Å². The van der Waals surface area contributed by atoms with E-state index in [1.807, 2.05) is 18.2 Å². The summed E-state index contributed by atoms with van der Waals surface area (Å²) in [5, 5.41) is 6.84. The molecule has 0 bridgehead atoms. The number of anilines is 1. The smallest absolute Gasteiger partial charge is 0.354 e. The van der Waals surface area contributed by atoms with Crippen LogP contribution in [0.1, 0.15) is 25.0 Å². The molecule has 38 heavy (non-hydrogen) atoms. The number of benzene rings is 2. The van der Waals surface area contributed by atoms with Crippen molar-refractivity contribution in [2.24, 2.45) is 7.05 Å². The number of nitrogens with zero attached hydrogens (tertiary/aromatic N) is 3. The predicted molar refractivity (Wildman–Crippen MR) is 144 cm³/mol. The van der Waals surface area contributed by atoms with Crippen LogP contribution in [0.4, 0.5) is 19.1 Å². The zero-order valence-corrected chi connectivity index (χ0v) is 21.5. The van der Waals surface area contributed by atoms with E-state index in [1.54, 1.807) is 31.6 Å². The fourth-order valence-electron chi connectivity index (χ4n) is 4.36. The topological polar surface area (TPSA) is 71.8 Å². The highest BCUT2D eigenvalue weighted by molar-refractivity contribution is 5.81. The minimum absolute atomic E-state index is 0.0434. The molecule has 0 aliphatic carbocycles. The van der Waals surface area contributed by atoms with Gasteiger partial charge in [0.05, 0.1) is 16.8 Å². The van der Waals surface area contributed by atoms with Crippen molar-refractivity contribution in [3.05, 3.63) is 101 Å². The van der Waals surface area contributed by atoms with Crippen molar-refractivity contribution in [1.29, 1.82) is 0 Å². The van der Waals surface area contributed by atoms with Gasteiger partial charge in [-0.05, 0) is 41.8 Å². The highest BCUT2D eigenvalue weighted by atomic mass is 19.4. The Morgan fingerprint density at radius 3 is 2.32 bits per heavy atom. The fraction of sp³-hybridized carbons (Fsp3) is 0.276. The molecule has 0 saturated carbocycles. The van der Waals surface area contributed by atoms with E-state index in [9.17, 15) is 18.0 Å². The zero-order chi connectivity index (χ0) is 27.3. The van der Waals surface area contributed by atoms with E-state index in [-0.39, 0.29) is 28.9 Å². The van der Waals surface area contributed by atoms with E-state index in [1.165, 1.54) is 22.3 Å². The van der Waals surface area contributed by atoms with Gasteiger partial charge in [0.15, 0.2) is 0 Å². The zero-order valence-electron chi connectivity index (χ0n) is 21.5. The van der Waals surface area contributed by atoms with Crippen molar-refractivity contribution in [2.45, 2.75) is 38.5 Å². The number of alkyl halides is 3. The first-order valence-electron chi connectivity index (χ1n) is 12.4. The number of aromatic nitrogens is 3. The van der Waals surface area contributed by atoms with Gasteiger partial charge in [0.2, 0.25) is 5.95 Å². The van der Waals surface area contributed by atoms with E-state index in [0.717, 1.165) is 18.6 Å². The molecule has 0 amide bonds. The molecule has 4 aromatic rings. The van der Waals surface area contributed by atoms with Gasteiger partial charge in [-0.1, -0.05) is 56.3 Å². The van der Waals surface area contributed by atoms with Gasteiger partial charge in [-0.2, -0.15) is 13.2 Å². The van der Waals surface area contributed by atoms with Crippen LogP contribution in [-0.4, -0.2) is 33.2 Å². The summed E-state index contributed by atoms with van der Waals surface area (Å²) in [6, 6.07) is 18.5. The largest absolute Gasteiger partial charge is 0.416 e. The molecule has 2 heterocycles. The van der Waals surface area contributed by atoms with Gasteiger partial charge < -0.3 is 10.6 Å². The van der Waals surface area contributed by atoms with Gasteiger partial charge in [0, 0.05) is 43.6 Å². The Balaban J connectivity index is 1.74. The summed E-state index contributed by atoms with van der Waals surface area (Å²) in [5.41, 5.74) is 0.995. The van der Waals surface area contributed by atoms with Gasteiger partial charge in [-0.15, -0.1) is 0 Å². The van der Waals surface area contributed by atoms with E-state index < -0.39 is 17.3 Å². The molecule has 0 saturated heterocycles. The van der Waals surface area contributed by atoms with E-state index in [0.29, 0.717) is 18.1 Å². The second kappa shape index (κ2) is 11.6. The minimum atomic E-state index is -4.54. The van der Waals surface area contributed by atoms with Crippen LogP contribution < -0.4 is 16.2 Å². The lowest BCUT2D eigenvalue weighted by Gasteiger charge is -2.23. The van der Waals surface area contributed by atoms with Crippen LogP contribution in [0, 0.1) is 0 Å². The SMILES string of the molecule is CC(C)N[C@H](CNc1nc(-c2ccncc2)c(-c2cccc(C(F)(F)F)c2)c(=O)n1C)Cc1ccccc1. The maximum absolute atomic E-state index is 13.6. The highest BCUT2D eigenvalue weighted by Crippen LogP contribution is 2.34. The third kappa shape index (κ3) is 6.47. The molecule has 2 aromatic carbocycles. The summed E-state index contributed by atoms with van der Waals surface area (Å²) in [7, 11) is 1.56. The maximum Gasteiger partial charge on any atom is 0.416 e. The Kier molecular flexibility index (Phi) is 8.26. The molecule has 9 heteroatoms. The molecule has 6 nitrogen and oxygen atoms in total. The van der Waals surface area contributed by atoms with Crippen LogP contribution in [0.2, 0.25) is 0 Å². The van der Waals surface area contributed by atoms with Gasteiger partial charge >= 0.3 is 6.18 Å². The lowest BCUT2D eigenvalue weighted by molar-refractivity contribution is -0.137. The van der Waals surface area contributed by atoms with Crippen molar-refractivity contribution in [3.63, 3.8) is 0 Å². The molecule has 0 spiro atoms. The second-order valence-electron chi connectivity index (χ2n) is 9.43. The van der Waals surface area contributed by atoms with Gasteiger partial charge in [-0.25, -0.2) is 4.98 Å². The van der Waals surface area contributed by atoms with Crippen LogP contribution in [0.3, 0.4) is 0 Å². The quantitative estimate of drug-likeness (QED) is 0.302. The Bertz CT molecular complexity index is 1420. The first-order chi connectivity index (χ1) is 18.1. The average Bonchev–Trinajstić information content (AvgIpc) is 2.89. The lowest BCUT2D eigenvalue weighted by atomic mass is 9.99. The molecule has 1 atom stereocenters. The van der Waals surface area contributed by atoms with Crippen molar-refractivity contribution >= 4 is 5.95 Å². The molecule has 0 aliphatic heterocycles. The first kappa shape index (κ1) is 27.1.